The largest absolute Gasteiger partial charge is 0.480 e. The summed E-state index contributed by atoms with van der Waals surface area (Å²) >= 11 is 0. The van der Waals surface area contributed by atoms with Crippen molar-refractivity contribution in [3.8, 4) is 0 Å². The topological polar surface area (TPSA) is 90.0 Å². The van der Waals surface area contributed by atoms with Crippen LogP contribution in [0, 0.1) is 0 Å². The van der Waals surface area contributed by atoms with Crippen molar-refractivity contribution in [2.45, 2.75) is 18.9 Å². The van der Waals surface area contributed by atoms with Gasteiger partial charge in [0, 0.05) is 20.1 Å². The quantitative estimate of drug-likeness (QED) is 0.681. The van der Waals surface area contributed by atoms with Crippen LogP contribution >= 0.6 is 0 Å². The van der Waals surface area contributed by atoms with Gasteiger partial charge in [0.25, 0.3) is 0 Å². The standard InChI is InChI=1S/C12H19N3O4/c1-3-6-14(8-10(16)17)12(19)15-7-4-5-9(15)11(18)13-2/h3,9H,1,4-8H2,2H3,(H,13,18)(H,16,17). The molecule has 0 saturated carbocycles. The summed E-state index contributed by atoms with van der Waals surface area (Å²) in [6.07, 6.45) is 2.80. The summed E-state index contributed by atoms with van der Waals surface area (Å²) in [5.41, 5.74) is 0. The summed E-state index contributed by atoms with van der Waals surface area (Å²) < 4.78 is 0. The molecule has 0 spiro atoms. The zero-order chi connectivity index (χ0) is 14.4. The number of carbonyl (C=O) groups is 3. The Hall–Kier alpha value is -2.05. The minimum Gasteiger partial charge on any atom is -0.480 e. The number of nitrogens with one attached hydrogen (secondary N) is 1. The number of carbonyl (C=O) groups excluding carboxylic acids is 2. The van der Waals surface area contributed by atoms with Gasteiger partial charge in [-0.1, -0.05) is 6.08 Å². The van der Waals surface area contributed by atoms with E-state index in [1.807, 2.05) is 0 Å². The van der Waals surface area contributed by atoms with Crippen LogP contribution in [0.3, 0.4) is 0 Å². The fourth-order valence-electron chi connectivity index (χ4n) is 2.15. The van der Waals surface area contributed by atoms with Crippen LogP contribution in [0.2, 0.25) is 0 Å². The van der Waals surface area contributed by atoms with Gasteiger partial charge in [0.2, 0.25) is 5.91 Å². The van der Waals surface area contributed by atoms with Crippen LogP contribution in [0.5, 0.6) is 0 Å². The first-order valence-corrected chi connectivity index (χ1v) is 6.11. The molecule has 2 N–H and O–H groups in total. The number of hydrogen-bond acceptors (Lipinski definition) is 3. The highest BCUT2D eigenvalue weighted by atomic mass is 16.4. The summed E-state index contributed by atoms with van der Waals surface area (Å²) in [5.74, 6) is -1.31. The highest BCUT2D eigenvalue weighted by molar-refractivity contribution is 5.88. The molecule has 7 nitrogen and oxygen atoms in total. The van der Waals surface area contributed by atoms with Crippen LogP contribution < -0.4 is 5.32 Å². The molecular formula is C12H19N3O4. The number of amides is 3. The fraction of sp³-hybridized carbons (Fsp3) is 0.583. The lowest BCUT2D eigenvalue weighted by atomic mass is 10.2. The monoisotopic (exact) mass is 269 g/mol. The predicted octanol–water partition coefficient (Wildman–Crippen LogP) is -0.111. The Bertz CT molecular complexity index is 383. The normalized spacial score (nSPS) is 17.9. The lowest BCUT2D eigenvalue weighted by Gasteiger charge is -2.29. The van der Waals surface area contributed by atoms with Crippen molar-refractivity contribution in [3.05, 3.63) is 12.7 Å². The van der Waals surface area contributed by atoms with Crippen LogP contribution in [0.1, 0.15) is 12.8 Å². The number of nitrogens with zero attached hydrogens (tertiary/aromatic N) is 2. The van der Waals surface area contributed by atoms with E-state index in [1.54, 1.807) is 0 Å². The van der Waals surface area contributed by atoms with Gasteiger partial charge in [0.1, 0.15) is 12.6 Å². The van der Waals surface area contributed by atoms with Crippen LogP contribution in [-0.2, 0) is 9.59 Å². The van der Waals surface area contributed by atoms with Crippen LogP contribution in [0.25, 0.3) is 0 Å². The molecule has 106 valence electrons. The van der Waals surface area contributed by atoms with Gasteiger partial charge >= 0.3 is 12.0 Å². The number of carboxylic acid groups (broad SMARTS) is 1. The van der Waals surface area contributed by atoms with Crippen molar-refractivity contribution < 1.29 is 19.5 Å². The predicted molar refractivity (Wildman–Crippen MR) is 68.6 cm³/mol. The molecule has 19 heavy (non-hydrogen) atoms. The second kappa shape index (κ2) is 6.77. The van der Waals surface area contributed by atoms with E-state index in [0.29, 0.717) is 13.0 Å². The third-order valence-corrected chi connectivity index (χ3v) is 2.99. The molecule has 1 aliphatic heterocycles. The van der Waals surface area contributed by atoms with E-state index in [0.717, 1.165) is 11.3 Å². The van der Waals surface area contributed by atoms with Gasteiger partial charge in [-0.15, -0.1) is 6.58 Å². The molecule has 1 fully saturated rings. The number of likely N-dealkylation sites (tertiary alicyclic amines) is 1. The van der Waals surface area contributed by atoms with Crippen molar-refractivity contribution >= 4 is 17.9 Å². The van der Waals surface area contributed by atoms with Crippen molar-refractivity contribution in [2.24, 2.45) is 0 Å². The number of aliphatic carboxylic acids is 1. The first-order chi connectivity index (χ1) is 9.01. The van der Waals surface area contributed by atoms with Gasteiger partial charge in [-0.2, -0.15) is 0 Å². The lowest BCUT2D eigenvalue weighted by molar-refractivity contribution is -0.137. The minimum atomic E-state index is -1.09. The molecule has 1 atom stereocenters. The molecule has 3 amide bonds. The van der Waals surface area contributed by atoms with E-state index in [4.69, 9.17) is 5.11 Å². The van der Waals surface area contributed by atoms with Gasteiger partial charge in [-0.05, 0) is 12.8 Å². The Morgan fingerprint density at radius 2 is 2.21 bits per heavy atom. The Morgan fingerprint density at radius 1 is 1.53 bits per heavy atom. The molecule has 1 heterocycles. The van der Waals surface area contributed by atoms with Crippen molar-refractivity contribution in [2.75, 3.05) is 26.7 Å². The molecule has 0 aliphatic carbocycles. The number of hydrogen-bond donors (Lipinski definition) is 2. The summed E-state index contributed by atoms with van der Waals surface area (Å²) in [7, 11) is 1.52. The number of likely N-dealkylation sites (N-methyl/N-ethyl adjacent to an activating group) is 1. The zero-order valence-electron chi connectivity index (χ0n) is 11.0. The highest BCUT2D eigenvalue weighted by Gasteiger charge is 2.35. The summed E-state index contributed by atoms with van der Waals surface area (Å²) in [6.45, 7) is 3.70. The van der Waals surface area contributed by atoms with Gasteiger partial charge in [0.05, 0.1) is 0 Å². The Morgan fingerprint density at radius 3 is 2.74 bits per heavy atom. The molecule has 0 bridgehead atoms. The summed E-state index contributed by atoms with van der Waals surface area (Å²) in [4.78, 5) is 37.3. The summed E-state index contributed by atoms with van der Waals surface area (Å²) in [5, 5.41) is 11.3. The van der Waals surface area contributed by atoms with E-state index < -0.39 is 24.6 Å². The third-order valence-electron chi connectivity index (χ3n) is 2.99. The first-order valence-electron chi connectivity index (χ1n) is 6.11. The molecule has 1 unspecified atom stereocenters. The van der Waals surface area contributed by atoms with Crippen LogP contribution in [0.4, 0.5) is 4.79 Å². The van der Waals surface area contributed by atoms with Gasteiger partial charge in [-0.25, -0.2) is 4.79 Å². The van der Waals surface area contributed by atoms with Crippen LogP contribution in [-0.4, -0.2) is 65.5 Å². The third kappa shape index (κ3) is 3.70. The molecule has 1 aliphatic rings. The Kier molecular flexibility index (Phi) is 5.35. The molecule has 0 aromatic carbocycles. The van der Waals surface area contributed by atoms with Gasteiger partial charge in [-0.3, -0.25) is 9.59 Å². The molecule has 0 radical (unpaired) electrons. The second-order valence-electron chi connectivity index (χ2n) is 4.31. The van der Waals surface area contributed by atoms with Crippen molar-refractivity contribution in [1.82, 2.24) is 15.1 Å². The van der Waals surface area contributed by atoms with E-state index in [1.165, 1.54) is 18.0 Å². The fourth-order valence-corrected chi connectivity index (χ4v) is 2.15. The Balaban J connectivity index is 2.79. The maximum Gasteiger partial charge on any atom is 0.323 e. The molecular weight excluding hydrogens is 250 g/mol. The minimum absolute atomic E-state index is 0.141. The van der Waals surface area contributed by atoms with Crippen LogP contribution in [0.15, 0.2) is 12.7 Å². The number of rotatable bonds is 5. The molecule has 7 heteroatoms. The van der Waals surface area contributed by atoms with Crippen molar-refractivity contribution in [1.29, 1.82) is 0 Å². The average Bonchev–Trinajstić information content (AvgIpc) is 2.85. The van der Waals surface area contributed by atoms with Crippen molar-refractivity contribution in [3.63, 3.8) is 0 Å². The molecule has 1 saturated heterocycles. The SMILES string of the molecule is C=CCN(CC(=O)O)C(=O)N1CCCC1C(=O)NC. The molecule has 0 aromatic heterocycles. The zero-order valence-corrected chi connectivity index (χ0v) is 11.0. The van der Waals surface area contributed by atoms with E-state index in [-0.39, 0.29) is 12.5 Å². The second-order valence-corrected chi connectivity index (χ2v) is 4.31. The maximum absolute atomic E-state index is 12.3. The van der Waals surface area contributed by atoms with E-state index in [2.05, 4.69) is 11.9 Å². The molecule has 1 rings (SSSR count). The van der Waals surface area contributed by atoms with Gasteiger partial charge < -0.3 is 20.2 Å². The van der Waals surface area contributed by atoms with E-state index in [9.17, 15) is 14.4 Å². The smallest absolute Gasteiger partial charge is 0.323 e. The van der Waals surface area contributed by atoms with Gasteiger partial charge in [0.15, 0.2) is 0 Å². The average molecular weight is 269 g/mol. The first kappa shape index (κ1) is 15.0. The highest BCUT2D eigenvalue weighted by Crippen LogP contribution is 2.19. The number of carboxylic acids is 1. The summed E-state index contributed by atoms with van der Waals surface area (Å²) in [6, 6.07) is -0.952. The maximum atomic E-state index is 12.3. The molecule has 0 aromatic rings. The number of urea groups is 1. The Labute approximate surface area is 111 Å². The van der Waals surface area contributed by atoms with E-state index >= 15 is 0 Å². The lowest BCUT2D eigenvalue weighted by Crippen LogP contribution is -2.51.